The fraction of sp³-hybridized carbons (Fsp3) is 0.278. The molecule has 0 aliphatic heterocycles. The summed E-state index contributed by atoms with van der Waals surface area (Å²) in [5, 5.41) is 4.60. The fourth-order valence-corrected chi connectivity index (χ4v) is 2.69. The molecule has 0 fully saturated rings. The van der Waals surface area contributed by atoms with Crippen LogP contribution in [0.25, 0.3) is 16.8 Å². The number of aryl methyl sites for hydroxylation is 1. The third kappa shape index (κ3) is 2.76. The van der Waals surface area contributed by atoms with Gasteiger partial charge >= 0.3 is 5.97 Å². The van der Waals surface area contributed by atoms with E-state index in [9.17, 15) is 4.79 Å². The Morgan fingerprint density at radius 3 is 2.67 bits per heavy atom. The van der Waals surface area contributed by atoms with Gasteiger partial charge in [-0.1, -0.05) is 30.3 Å². The van der Waals surface area contributed by atoms with E-state index in [1.54, 1.807) is 24.7 Å². The normalized spacial score (nSPS) is 11.0. The zero-order valence-corrected chi connectivity index (χ0v) is 13.9. The van der Waals surface area contributed by atoms with Crippen LogP contribution in [0, 0.1) is 6.92 Å². The molecule has 24 heavy (non-hydrogen) atoms. The Balaban J connectivity index is 2.23. The van der Waals surface area contributed by atoms with Gasteiger partial charge in [-0.3, -0.25) is 0 Å². The Bertz CT molecular complexity index is 872. The molecular weight excluding hydrogens is 306 g/mol. The SMILES string of the molecule is CCOC(=O)c1cnc2c(-c3ccccc3)c(COC)nn2c1C. The summed E-state index contributed by atoms with van der Waals surface area (Å²) >= 11 is 0. The van der Waals surface area contributed by atoms with E-state index in [0.29, 0.717) is 30.1 Å². The number of methoxy groups -OCH3 is 1. The highest BCUT2D eigenvalue weighted by Gasteiger charge is 2.20. The first-order chi connectivity index (χ1) is 11.7. The molecule has 3 aromatic rings. The molecule has 3 rings (SSSR count). The van der Waals surface area contributed by atoms with E-state index in [0.717, 1.165) is 16.8 Å². The van der Waals surface area contributed by atoms with Crippen LogP contribution in [0.4, 0.5) is 0 Å². The molecule has 1 aromatic carbocycles. The van der Waals surface area contributed by atoms with Crippen molar-refractivity contribution in [1.29, 1.82) is 0 Å². The summed E-state index contributed by atoms with van der Waals surface area (Å²) in [7, 11) is 1.63. The minimum Gasteiger partial charge on any atom is -0.462 e. The maximum Gasteiger partial charge on any atom is 0.341 e. The molecule has 0 aliphatic rings. The molecule has 0 unspecified atom stereocenters. The summed E-state index contributed by atoms with van der Waals surface area (Å²) in [6.45, 7) is 4.29. The molecule has 0 aliphatic carbocycles. The van der Waals surface area contributed by atoms with Gasteiger partial charge in [0.1, 0.15) is 0 Å². The largest absolute Gasteiger partial charge is 0.462 e. The molecule has 0 saturated heterocycles. The van der Waals surface area contributed by atoms with Crippen LogP contribution in [-0.4, -0.2) is 34.3 Å². The Kier molecular flexibility index (Phi) is 4.57. The number of carbonyl (C=O) groups excluding carboxylic acids is 1. The van der Waals surface area contributed by atoms with Crippen molar-refractivity contribution in [2.24, 2.45) is 0 Å². The summed E-state index contributed by atoms with van der Waals surface area (Å²) in [6, 6.07) is 9.91. The lowest BCUT2D eigenvalue weighted by molar-refractivity contribution is 0.0524. The number of esters is 1. The number of hydrogen-bond donors (Lipinski definition) is 0. The third-order valence-corrected chi connectivity index (χ3v) is 3.80. The second kappa shape index (κ2) is 6.80. The van der Waals surface area contributed by atoms with E-state index in [1.807, 2.05) is 37.3 Å². The Morgan fingerprint density at radius 1 is 1.25 bits per heavy atom. The number of ether oxygens (including phenoxy) is 2. The Hall–Kier alpha value is -2.73. The van der Waals surface area contributed by atoms with Crippen molar-refractivity contribution in [3.05, 3.63) is 53.5 Å². The topological polar surface area (TPSA) is 65.7 Å². The lowest BCUT2D eigenvalue weighted by Gasteiger charge is -2.07. The summed E-state index contributed by atoms with van der Waals surface area (Å²) in [6.07, 6.45) is 1.55. The number of benzene rings is 1. The van der Waals surface area contributed by atoms with Crippen LogP contribution in [-0.2, 0) is 16.1 Å². The number of nitrogens with zero attached hydrogens (tertiary/aromatic N) is 3. The van der Waals surface area contributed by atoms with Crippen LogP contribution >= 0.6 is 0 Å². The van der Waals surface area contributed by atoms with Gasteiger partial charge in [0.15, 0.2) is 5.65 Å². The molecule has 0 radical (unpaired) electrons. The molecule has 6 nitrogen and oxygen atoms in total. The molecule has 0 spiro atoms. The van der Waals surface area contributed by atoms with Gasteiger partial charge in [-0.15, -0.1) is 0 Å². The van der Waals surface area contributed by atoms with Crippen LogP contribution in [0.1, 0.15) is 28.7 Å². The molecule has 0 saturated carbocycles. The van der Waals surface area contributed by atoms with E-state index < -0.39 is 5.97 Å². The fourth-order valence-electron chi connectivity index (χ4n) is 2.69. The van der Waals surface area contributed by atoms with E-state index in [1.165, 1.54) is 0 Å². The Morgan fingerprint density at radius 2 is 2.00 bits per heavy atom. The summed E-state index contributed by atoms with van der Waals surface area (Å²) < 4.78 is 12.0. The van der Waals surface area contributed by atoms with Crippen molar-refractivity contribution >= 4 is 11.6 Å². The molecule has 0 atom stereocenters. The van der Waals surface area contributed by atoms with Crippen LogP contribution in [0.3, 0.4) is 0 Å². The van der Waals surface area contributed by atoms with Crippen LogP contribution in [0.2, 0.25) is 0 Å². The van der Waals surface area contributed by atoms with Gasteiger partial charge in [0, 0.05) is 13.3 Å². The molecule has 0 amide bonds. The van der Waals surface area contributed by atoms with Gasteiger partial charge in [-0.2, -0.15) is 5.10 Å². The first kappa shape index (κ1) is 16.1. The maximum atomic E-state index is 12.1. The Labute approximate surface area is 140 Å². The number of fused-ring (bicyclic) bond motifs is 1. The summed E-state index contributed by atoms with van der Waals surface area (Å²) in [4.78, 5) is 16.5. The number of carbonyl (C=O) groups is 1. The predicted molar refractivity (Wildman–Crippen MR) is 89.8 cm³/mol. The van der Waals surface area contributed by atoms with Gasteiger partial charge in [0.2, 0.25) is 0 Å². The zero-order chi connectivity index (χ0) is 17.1. The zero-order valence-electron chi connectivity index (χ0n) is 13.9. The van der Waals surface area contributed by atoms with Crippen molar-refractivity contribution in [3.8, 4) is 11.1 Å². The molecule has 124 valence electrons. The second-order valence-electron chi connectivity index (χ2n) is 5.33. The molecular formula is C18H19N3O3. The predicted octanol–water partition coefficient (Wildman–Crippen LogP) is 3.03. The molecule has 2 aromatic heterocycles. The van der Waals surface area contributed by atoms with E-state index in [2.05, 4.69) is 10.1 Å². The first-order valence-electron chi connectivity index (χ1n) is 7.76. The van der Waals surface area contributed by atoms with Gasteiger partial charge < -0.3 is 9.47 Å². The van der Waals surface area contributed by atoms with Crippen molar-refractivity contribution in [2.75, 3.05) is 13.7 Å². The van der Waals surface area contributed by atoms with E-state index in [-0.39, 0.29) is 0 Å². The highest BCUT2D eigenvalue weighted by molar-refractivity contribution is 5.91. The van der Waals surface area contributed by atoms with E-state index in [4.69, 9.17) is 9.47 Å². The number of rotatable bonds is 5. The maximum absolute atomic E-state index is 12.1. The monoisotopic (exact) mass is 325 g/mol. The van der Waals surface area contributed by atoms with Crippen molar-refractivity contribution < 1.29 is 14.3 Å². The van der Waals surface area contributed by atoms with Crippen molar-refractivity contribution in [2.45, 2.75) is 20.5 Å². The van der Waals surface area contributed by atoms with Gasteiger partial charge in [0.25, 0.3) is 0 Å². The van der Waals surface area contributed by atoms with Gasteiger partial charge in [0.05, 0.1) is 35.7 Å². The van der Waals surface area contributed by atoms with Crippen LogP contribution in [0.5, 0.6) is 0 Å². The van der Waals surface area contributed by atoms with Crippen molar-refractivity contribution in [3.63, 3.8) is 0 Å². The van der Waals surface area contributed by atoms with Crippen molar-refractivity contribution in [1.82, 2.24) is 14.6 Å². The summed E-state index contributed by atoms with van der Waals surface area (Å²) in [5.41, 5.74) is 4.50. The highest BCUT2D eigenvalue weighted by Crippen LogP contribution is 2.29. The lowest BCUT2D eigenvalue weighted by atomic mass is 10.1. The quantitative estimate of drug-likeness (QED) is 0.675. The minimum atomic E-state index is -0.394. The van der Waals surface area contributed by atoms with Gasteiger partial charge in [-0.05, 0) is 19.4 Å². The van der Waals surface area contributed by atoms with Gasteiger partial charge in [-0.25, -0.2) is 14.3 Å². The van der Waals surface area contributed by atoms with E-state index >= 15 is 0 Å². The smallest absolute Gasteiger partial charge is 0.341 e. The molecule has 0 bridgehead atoms. The number of hydrogen-bond acceptors (Lipinski definition) is 5. The lowest BCUT2D eigenvalue weighted by Crippen LogP contribution is -2.11. The highest BCUT2D eigenvalue weighted by atomic mass is 16.5. The molecule has 2 heterocycles. The summed E-state index contributed by atoms with van der Waals surface area (Å²) in [5.74, 6) is -0.394. The average molecular weight is 325 g/mol. The standard InChI is InChI=1S/C18H19N3O3/c1-4-24-18(22)14-10-19-17-16(13-8-6-5-7-9-13)15(11-23-3)20-21(17)12(14)2/h5-10H,4,11H2,1-3H3. The first-order valence-corrected chi connectivity index (χ1v) is 7.76. The van der Waals surface area contributed by atoms with Crippen LogP contribution < -0.4 is 0 Å². The second-order valence-corrected chi connectivity index (χ2v) is 5.33. The molecule has 6 heteroatoms. The van der Waals surface area contributed by atoms with Crippen LogP contribution in [0.15, 0.2) is 36.5 Å². The molecule has 0 N–H and O–H groups in total. The average Bonchev–Trinajstić information content (AvgIpc) is 2.95. The third-order valence-electron chi connectivity index (χ3n) is 3.80. The number of aromatic nitrogens is 3. The minimum absolute atomic E-state index is 0.319.